The summed E-state index contributed by atoms with van der Waals surface area (Å²) in [5.41, 5.74) is 0.675. The molecular weight excluding hydrogens is 845 g/mol. The molecule has 1 aromatic rings. The van der Waals surface area contributed by atoms with Gasteiger partial charge in [-0.2, -0.15) is 0 Å². The molecule has 364 valence electrons. The van der Waals surface area contributed by atoms with Crippen LogP contribution in [0.4, 0.5) is 0 Å². The second-order valence-corrected chi connectivity index (χ2v) is 17.8. The maximum absolute atomic E-state index is 14.4. The number of carbonyl (C=O) groups excluding carboxylic acids is 4. The summed E-state index contributed by atoms with van der Waals surface area (Å²) >= 11 is 0. The number of aliphatic hydroxyl groups excluding tert-OH is 3. The number of aromatic nitrogens is 1. The molecule has 2 fully saturated rings. The fraction of sp³-hybridized carbons (Fsp3) is 0.688. The van der Waals surface area contributed by atoms with Crippen LogP contribution < -0.4 is 0 Å². The highest BCUT2D eigenvalue weighted by molar-refractivity contribution is 5.92. The molecule has 0 unspecified atom stereocenters. The molecule has 4 rings (SSSR count). The number of carbonyl (C=O) groups is 4. The predicted molar refractivity (Wildman–Crippen MR) is 237 cm³/mol. The molecule has 17 nitrogen and oxygen atoms in total. The monoisotopic (exact) mass is 916 g/mol. The number of allylic oxidation sites excluding steroid dienone is 5. The quantitative estimate of drug-likeness (QED) is 0.179. The number of nitrogens with zero attached hydrogens (tertiary/aromatic N) is 2. The molecule has 0 radical (unpaired) electrons. The minimum atomic E-state index is -1.36. The zero-order chi connectivity index (χ0) is 48.1. The zero-order valence-electron chi connectivity index (χ0n) is 39.7. The van der Waals surface area contributed by atoms with E-state index in [1.165, 1.54) is 45.6 Å². The average molecular weight is 917 g/mol. The first-order valence-corrected chi connectivity index (χ1v) is 22.5. The molecule has 3 aliphatic rings. The van der Waals surface area contributed by atoms with Crippen LogP contribution in [0.1, 0.15) is 84.6 Å². The molecule has 3 aliphatic heterocycles. The van der Waals surface area contributed by atoms with Crippen molar-refractivity contribution in [3.8, 4) is 0 Å². The molecule has 0 amide bonds. The van der Waals surface area contributed by atoms with Crippen LogP contribution in [-0.2, 0) is 52.3 Å². The second kappa shape index (κ2) is 25.4. The van der Waals surface area contributed by atoms with Crippen molar-refractivity contribution in [2.45, 2.75) is 154 Å². The number of methoxy groups -OCH3 is 2. The van der Waals surface area contributed by atoms with Crippen molar-refractivity contribution in [2.75, 3.05) is 34.9 Å². The van der Waals surface area contributed by atoms with E-state index in [2.05, 4.69) is 4.98 Å². The van der Waals surface area contributed by atoms with Crippen LogP contribution in [0.25, 0.3) is 0 Å². The van der Waals surface area contributed by atoms with Gasteiger partial charge in [-0.1, -0.05) is 50.6 Å². The van der Waals surface area contributed by atoms with E-state index in [-0.39, 0.29) is 36.7 Å². The number of cyclic esters (lactones) is 1. The number of hydrogen-bond acceptors (Lipinski definition) is 17. The van der Waals surface area contributed by atoms with Gasteiger partial charge in [0, 0.05) is 38.2 Å². The van der Waals surface area contributed by atoms with E-state index in [1.807, 2.05) is 19.9 Å². The number of pyridine rings is 1. The standard InChI is InChI=1S/C48H72N2O15/c1-12-36-33(25-60-48-45(59-11)44(58-10)41(55)31(7)62-48)22-26(2)19-20-35(52)27(3)23-32(17-15-16-28(4)51)43(65-47-42(56)39(50(8)9)40(54)30(6)61-47)29(5)37(24-38(53)63-36)64-46(57)34-18-13-14-21-49-34/h13-16,18-22,27,29-33,36-37,39-45,47-48,54-56H,12,17,23-25H2,1-11H3/b16-15+,20-19+,26-22+/t27-,29+,30+,31-,32+,33-,36-,37-,39-,40+,41-,42+,43-,44-,45-,47-,48-/m1/s1. The zero-order valence-corrected chi connectivity index (χ0v) is 39.7. The molecule has 3 N–H and O–H groups in total. The van der Waals surface area contributed by atoms with Crippen molar-refractivity contribution < 1.29 is 72.4 Å². The lowest BCUT2D eigenvalue weighted by Gasteiger charge is -2.46. The number of likely N-dealkylation sites (N-methyl/N-ethyl adjacent to an activating group) is 1. The van der Waals surface area contributed by atoms with E-state index >= 15 is 0 Å². The highest BCUT2D eigenvalue weighted by Gasteiger charge is 2.48. The van der Waals surface area contributed by atoms with Crippen molar-refractivity contribution in [3.63, 3.8) is 0 Å². The first kappa shape index (κ1) is 53.9. The van der Waals surface area contributed by atoms with E-state index < -0.39 is 122 Å². The lowest BCUT2D eigenvalue weighted by atomic mass is 9.79. The Kier molecular flexibility index (Phi) is 21.0. The van der Waals surface area contributed by atoms with E-state index in [0.29, 0.717) is 12.0 Å². The lowest BCUT2D eigenvalue weighted by Crippen LogP contribution is -2.63. The maximum atomic E-state index is 14.4. The Morgan fingerprint density at radius 2 is 1.60 bits per heavy atom. The van der Waals surface area contributed by atoms with Crippen LogP contribution in [0, 0.1) is 23.7 Å². The Bertz CT molecular complexity index is 1790. The second-order valence-electron chi connectivity index (χ2n) is 17.8. The average Bonchev–Trinajstić information content (AvgIpc) is 3.26. The fourth-order valence-corrected chi connectivity index (χ4v) is 8.86. The summed E-state index contributed by atoms with van der Waals surface area (Å²) < 4.78 is 48.9. The summed E-state index contributed by atoms with van der Waals surface area (Å²) in [7, 11) is 6.36. The lowest BCUT2D eigenvalue weighted by molar-refractivity contribution is -0.304. The third-order valence-electron chi connectivity index (χ3n) is 12.6. The molecule has 17 atom stereocenters. The fourth-order valence-electron chi connectivity index (χ4n) is 8.86. The van der Waals surface area contributed by atoms with E-state index in [0.717, 1.165) is 0 Å². The Morgan fingerprint density at radius 3 is 2.22 bits per heavy atom. The van der Waals surface area contributed by atoms with Gasteiger partial charge in [0.2, 0.25) is 0 Å². The molecule has 65 heavy (non-hydrogen) atoms. The third-order valence-corrected chi connectivity index (χ3v) is 12.6. The van der Waals surface area contributed by atoms with Gasteiger partial charge in [0.25, 0.3) is 0 Å². The summed E-state index contributed by atoms with van der Waals surface area (Å²) in [6, 6.07) is 3.97. The number of esters is 2. The molecule has 0 aromatic carbocycles. The highest BCUT2D eigenvalue weighted by atomic mass is 16.7. The van der Waals surface area contributed by atoms with Gasteiger partial charge in [-0.05, 0) is 91.3 Å². The summed E-state index contributed by atoms with van der Waals surface area (Å²) in [5, 5.41) is 33.5. The molecule has 0 aliphatic carbocycles. The molecule has 1 aromatic heterocycles. The maximum Gasteiger partial charge on any atom is 0.357 e. The van der Waals surface area contributed by atoms with Gasteiger partial charge in [0.15, 0.2) is 24.1 Å². The highest BCUT2D eigenvalue weighted by Crippen LogP contribution is 2.36. The van der Waals surface area contributed by atoms with Crippen LogP contribution in [0.2, 0.25) is 0 Å². The summed E-state index contributed by atoms with van der Waals surface area (Å²) in [6.07, 6.45) is -1.75. The molecule has 2 saturated heterocycles. The molecule has 0 spiro atoms. The molecule has 0 bridgehead atoms. The topological polar surface area (TPSA) is 219 Å². The third kappa shape index (κ3) is 14.6. The first-order valence-electron chi connectivity index (χ1n) is 22.5. The number of rotatable bonds is 14. The molecule has 17 heteroatoms. The van der Waals surface area contributed by atoms with Crippen molar-refractivity contribution in [3.05, 3.63) is 66.0 Å². The van der Waals surface area contributed by atoms with Crippen LogP contribution in [0.5, 0.6) is 0 Å². The summed E-state index contributed by atoms with van der Waals surface area (Å²) in [5.74, 6) is -4.53. The van der Waals surface area contributed by atoms with Crippen LogP contribution in [0.3, 0.4) is 0 Å². The Labute approximate surface area is 383 Å². The number of aliphatic hydroxyl groups is 3. The smallest absolute Gasteiger partial charge is 0.357 e. The van der Waals surface area contributed by atoms with Crippen molar-refractivity contribution in [2.24, 2.45) is 23.7 Å². The van der Waals surface area contributed by atoms with Crippen LogP contribution in [0.15, 0.2) is 60.3 Å². The van der Waals surface area contributed by atoms with E-state index in [4.69, 9.17) is 37.9 Å². The van der Waals surface area contributed by atoms with Gasteiger partial charge < -0.3 is 58.1 Å². The summed E-state index contributed by atoms with van der Waals surface area (Å²) in [4.78, 5) is 60.2. The number of ketones is 2. The van der Waals surface area contributed by atoms with E-state index in [1.54, 1.807) is 71.0 Å². The number of hydrogen-bond donors (Lipinski definition) is 3. The minimum Gasteiger partial charge on any atom is -0.462 e. The molecule has 4 heterocycles. The van der Waals surface area contributed by atoms with Crippen molar-refractivity contribution >= 4 is 23.5 Å². The summed E-state index contributed by atoms with van der Waals surface area (Å²) in [6.45, 7) is 11.9. The van der Waals surface area contributed by atoms with Gasteiger partial charge in [-0.3, -0.25) is 14.4 Å². The first-order chi connectivity index (χ1) is 30.8. The van der Waals surface area contributed by atoms with Gasteiger partial charge >= 0.3 is 11.9 Å². The van der Waals surface area contributed by atoms with Gasteiger partial charge in [-0.25, -0.2) is 9.78 Å². The molecular formula is C48H72N2O15. The molecule has 0 saturated carbocycles. The van der Waals surface area contributed by atoms with Gasteiger partial charge in [0.05, 0.1) is 43.5 Å². The van der Waals surface area contributed by atoms with Gasteiger partial charge in [0.1, 0.15) is 42.3 Å². The Balaban J connectivity index is 1.82. The van der Waals surface area contributed by atoms with Crippen LogP contribution >= 0.6 is 0 Å². The minimum absolute atomic E-state index is 0.00611. The van der Waals surface area contributed by atoms with Crippen molar-refractivity contribution in [1.29, 1.82) is 0 Å². The normalized spacial score (nSPS) is 38.2. The Hall–Kier alpha value is -3.75. The largest absolute Gasteiger partial charge is 0.462 e. The Morgan fingerprint density at radius 1 is 0.923 bits per heavy atom. The number of ether oxygens (including phenoxy) is 8. The van der Waals surface area contributed by atoms with Crippen LogP contribution in [-0.4, -0.2) is 163 Å². The van der Waals surface area contributed by atoms with Crippen molar-refractivity contribution in [1.82, 2.24) is 9.88 Å². The predicted octanol–water partition coefficient (Wildman–Crippen LogP) is 3.77. The van der Waals surface area contributed by atoms with Gasteiger partial charge in [-0.15, -0.1) is 0 Å². The SMILES string of the molecule is CC[C@H]1OC(=O)C[C@@H](OC(=O)c2ccccn2)[C@H](C)[C@@H](O[C@H]2O[C@@H](C)[C@H](O)[C@@H](N(C)C)[C@@H]2O)[C@@H](C/C=C/C(C)=O)C[C@@H](C)C(=O)/C=C/C(C)=C/[C@@H]1CO[C@@H]1O[C@H](C)[C@@H](O)[C@@H](OC)[C@H]1OC. The van der Waals surface area contributed by atoms with E-state index in [9.17, 15) is 34.5 Å².